The fourth-order valence-corrected chi connectivity index (χ4v) is 5.68. The third-order valence-electron chi connectivity index (χ3n) is 5.98. The van der Waals surface area contributed by atoms with Crippen LogP contribution in [0.1, 0.15) is 37.9 Å². The van der Waals surface area contributed by atoms with Crippen LogP contribution in [-0.2, 0) is 19.1 Å². The summed E-state index contributed by atoms with van der Waals surface area (Å²) < 4.78 is 6.91. The number of hydrogen-bond donors (Lipinski definition) is 0. The first-order valence-corrected chi connectivity index (χ1v) is 11.9. The van der Waals surface area contributed by atoms with Crippen LogP contribution in [0.15, 0.2) is 75.7 Å². The Morgan fingerprint density at radius 3 is 2.43 bits per heavy atom. The number of ether oxygens (including phenoxy) is 1. The summed E-state index contributed by atoms with van der Waals surface area (Å²) in [5, 5.41) is 0. The van der Waals surface area contributed by atoms with Crippen LogP contribution in [0.5, 0.6) is 0 Å². The van der Waals surface area contributed by atoms with Gasteiger partial charge in [0.2, 0.25) is 5.91 Å². The van der Waals surface area contributed by atoms with Gasteiger partial charge >= 0.3 is 5.97 Å². The lowest BCUT2D eigenvalue weighted by molar-refractivity contribution is -0.139. The normalized spacial score (nSPS) is 18.2. The van der Waals surface area contributed by atoms with Crippen LogP contribution >= 0.6 is 11.3 Å². The Hall–Kier alpha value is -4.11. The summed E-state index contributed by atoms with van der Waals surface area (Å²) in [4.78, 5) is 58.5. The average Bonchev–Trinajstić information content (AvgIpc) is 3.31. The molecule has 0 saturated carbocycles. The van der Waals surface area contributed by atoms with Crippen molar-refractivity contribution in [2.45, 2.75) is 26.8 Å². The van der Waals surface area contributed by atoms with E-state index in [0.29, 0.717) is 27.3 Å². The first-order chi connectivity index (χ1) is 16.8. The molecule has 0 radical (unpaired) electrons. The lowest BCUT2D eigenvalue weighted by Gasteiger charge is -2.24. The Kier molecular flexibility index (Phi) is 5.56. The van der Waals surface area contributed by atoms with Crippen molar-refractivity contribution in [3.63, 3.8) is 0 Å². The molecule has 8 nitrogen and oxygen atoms in total. The minimum absolute atomic E-state index is 0.157. The van der Waals surface area contributed by atoms with Crippen molar-refractivity contribution in [3.05, 3.63) is 96.7 Å². The number of benzene rings is 2. The van der Waals surface area contributed by atoms with Crippen LogP contribution in [0.3, 0.4) is 0 Å². The maximum absolute atomic E-state index is 13.9. The average molecular weight is 488 g/mol. The Morgan fingerprint density at radius 2 is 1.74 bits per heavy atom. The van der Waals surface area contributed by atoms with E-state index >= 15 is 0 Å². The number of allylic oxidation sites excluding steroid dienone is 1. The van der Waals surface area contributed by atoms with Gasteiger partial charge in [-0.1, -0.05) is 59.9 Å². The van der Waals surface area contributed by atoms with Gasteiger partial charge in [-0.15, -0.1) is 0 Å². The van der Waals surface area contributed by atoms with Gasteiger partial charge in [0.15, 0.2) is 4.80 Å². The highest BCUT2D eigenvalue weighted by Gasteiger charge is 2.38. The third-order valence-corrected chi connectivity index (χ3v) is 7.03. The first-order valence-electron chi connectivity index (χ1n) is 11.1. The first kappa shape index (κ1) is 22.7. The molecular weight excluding hydrogens is 466 g/mol. The maximum atomic E-state index is 13.9. The monoisotopic (exact) mass is 487 g/mol. The molecule has 0 spiro atoms. The molecule has 5 rings (SSSR count). The van der Waals surface area contributed by atoms with Gasteiger partial charge in [-0.3, -0.25) is 19.0 Å². The summed E-state index contributed by atoms with van der Waals surface area (Å²) in [5.41, 5.74) is 2.07. The second kappa shape index (κ2) is 8.59. The molecule has 35 heavy (non-hydrogen) atoms. The Morgan fingerprint density at radius 1 is 1.06 bits per heavy atom. The van der Waals surface area contributed by atoms with Crippen molar-refractivity contribution in [2.24, 2.45) is 4.99 Å². The van der Waals surface area contributed by atoms with Crippen LogP contribution < -0.4 is 19.8 Å². The summed E-state index contributed by atoms with van der Waals surface area (Å²) in [6, 6.07) is 15.3. The fourth-order valence-electron chi connectivity index (χ4n) is 4.54. The van der Waals surface area contributed by atoms with E-state index < -0.39 is 29.4 Å². The number of rotatable bonds is 3. The predicted molar refractivity (Wildman–Crippen MR) is 130 cm³/mol. The van der Waals surface area contributed by atoms with Crippen LogP contribution in [0.4, 0.5) is 5.69 Å². The minimum Gasteiger partial charge on any atom is -0.463 e. The molecule has 0 saturated heterocycles. The number of anilines is 1. The summed E-state index contributed by atoms with van der Waals surface area (Å²) in [7, 11) is 0. The maximum Gasteiger partial charge on any atom is 0.338 e. The Labute approximate surface area is 204 Å². The standard InChI is InChI=1S/C26H21N3O5S/c1-4-34-25(33)19-14(2)27-26-29(21(19)16-10-6-5-7-11-16)24(32)22(35-26)20-17-12-8-9-13-18(17)28(15(3)30)23(20)31/h5-13,21H,4H2,1-3H3. The molecule has 0 bridgehead atoms. The second-order valence-electron chi connectivity index (χ2n) is 8.09. The second-order valence-corrected chi connectivity index (χ2v) is 9.06. The van der Waals surface area contributed by atoms with Crippen molar-refractivity contribution < 1.29 is 19.1 Å². The highest BCUT2D eigenvalue weighted by Crippen LogP contribution is 2.35. The molecule has 1 unspecified atom stereocenters. The molecule has 2 aliphatic heterocycles. The van der Waals surface area contributed by atoms with E-state index in [9.17, 15) is 19.2 Å². The number of nitrogens with zero attached hydrogens (tertiary/aromatic N) is 3. The number of fused-ring (bicyclic) bond motifs is 2. The molecule has 0 N–H and O–H groups in total. The fraction of sp³-hybridized carbons (Fsp3) is 0.192. The third kappa shape index (κ3) is 3.47. The lowest BCUT2D eigenvalue weighted by Crippen LogP contribution is -2.41. The molecule has 9 heteroatoms. The lowest BCUT2D eigenvalue weighted by atomic mass is 9.96. The van der Waals surface area contributed by atoms with Crippen molar-refractivity contribution in [3.8, 4) is 0 Å². The largest absolute Gasteiger partial charge is 0.463 e. The molecule has 3 heterocycles. The summed E-state index contributed by atoms with van der Waals surface area (Å²) in [6.07, 6.45) is 0. The van der Waals surface area contributed by atoms with Crippen LogP contribution in [0.25, 0.3) is 5.57 Å². The van der Waals surface area contributed by atoms with E-state index in [1.54, 1.807) is 38.1 Å². The Balaban J connectivity index is 1.84. The highest BCUT2D eigenvalue weighted by molar-refractivity contribution is 7.07. The van der Waals surface area contributed by atoms with Gasteiger partial charge in [-0.2, -0.15) is 0 Å². The molecule has 1 atom stereocenters. The van der Waals surface area contributed by atoms with E-state index in [-0.39, 0.29) is 22.3 Å². The van der Waals surface area contributed by atoms with E-state index in [0.717, 1.165) is 16.2 Å². The van der Waals surface area contributed by atoms with Crippen LogP contribution in [0, 0.1) is 0 Å². The summed E-state index contributed by atoms with van der Waals surface area (Å²) in [6.45, 7) is 4.91. The van der Waals surface area contributed by atoms with E-state index in [1.807, 2.05) is 30.3 Å². The number of para-hydroxylation sites is 1. The van der Waals surface area contributed by atoms with Crippen molar-refractivity contribution in [2.75, 3.05) is 11.5 Å². The zero-order chi connectivity index (χ0) is 24.9. The molecule has 0 fully saturated rings. The molecule has 176 valence electrons. The topological polar surface area (TPSA) is 98.0 Å². The minimum atomic E-state index is -0.767. The van der Waals surface area contributed by atoms with Crippen LogP contribution in [-0.4, -0.2) is 29.0 Å². The van der Waals surface area contributed by atoms with Crippen molar-refractivity contribution in [1.82, 2.24) is 4.57 Å². The van der Waals surface area contributed by atoms with E-state index in [4.69, 9.17) is 4.74 Å². The van der Waals surface area contributed by atoms with Gasteiger partial charge in [0.25, 0.3) is 11.5 Å². The Bertz CT molecular complexity index is 1610. The van der Waals surface area contributed by atoms with Crippen molar-refractivity contribution >= 4 is 40.4 Å². The highest BCUT2D eigenvalue weighted by atomic mass is 32.1. The van der Waals surface area contributed by atoms with Crippen molar-refractivity contribution in [1.29, 1.82) is 0 Å². The number of carbonyl (C=O) groups excluding carboxylic acids is 3. The SMILES string of the molecule is CCOC(=O)C1=C(C)N=c2sc(=C3C(=O)N(C(C)=O)c4ccccc43)c(=O)n2C1c1ccccc1. The van der Waals surface area contributed by atoms with Crippen LogP contribution in [0.2, 0.25) is 0 Å². The molecule has 1 aromatic heterocycles. The number of hydrogen-bond acceptors (Lipinski definition) is 7. The van der Waals surface area contributed by atoms with E-state index in [2.05, 4.69) is 4.99 Å². The number of imide groups is 1. The van der Waals surface area contributed by atoms with Gasteiger partial charge in [-0.05, 0) is 25.5 Å². The summed E-state index contributed by atoms with van der Waals surface area (Å²) in [5.74, 6) is -1.54. The number of esters is 1. The van der Waals surface area contributed by atoms with Gasteiger partial charge in [-0.25, -0.2) is 14.7 Å². The molecule has 2 aromatic carbocycles. The number of aromatic nitrogens is 1. The molecular formula is C26H21N3O5S. The van der Waals surface area contributed by atoms with Gasteiger partial charge in [0.1, 0.15) is 4.53 Å². The van der Waals surface area contributed by atoms with E-state index in [1.165, 1.54) is 11.5 Å². The quantitative estimate of drug-likeness (QED) is 0.527. The number of carbonyl (C=O) groups is 3. The zero-order valence-electron chi connectivity index (χ0n) is 19.3. The van der Waals surface area contributed by atoms with Gasteiger partial charge in [0, 0.05) is 12.5 Å². The number of thiazole rings is 1. The van der Waals surface area contributed by atoms with Gasteiger partial charge in [0.05, 0.1) is 35.2 Å². The van der Waals surface area contributed by atoms with Gasteiger partial charge < -0.3 is 4.74 Å². The molecule has 2 amide bonds. The molecule has 3 aromatic rings. The molecule has 0 aliphatic carbocycles. The summed E-state index contributed by atoms with van der Waals surface area (Å²) >= 11 is 1.07. The smallest absolute Gasteiger partial charge is 0.338 e. The molecule has 2 aliphatic rings. The predicted octanol–water partition coefficient (Wildman–Crippen LogP) is 2.06. The zero-order valence-corrected chi connectivity index (χ0v) is 20.1. The number of amides is 2.